The van der Waals surface area contributed by atoms with Crippen LogP contribution in [0.2, 0.25) is 5.02 Å². The van der Waals surface area contributed by atoms with E-state index in [1.807, 2.05) is 6.07 Å². The van der Waals surface area contributed by atoms with Gasteiger partial charge in [0.25, 0.3) is 0 Å². The third-order valence-electron chi connectivity index (χ3n) is 2.37. The van der Waals surface area contributed by atoms with Crippen LogP contribution < -0.4 is 4.74 Å². The second-order valence-electron chi connectivity index (χ2n) is 3.39. The molecule has 4 heteroatoms. The van der Waals surface area contributed by atoms with Gasteiger partial charge in [0.2, 0.25) is 0 Å². The van der Waals surface area contributed by atoms with Crippen LogP contribution in [0, 0.1) is 0 Å². The minimum atomic E-state index is -0.407. The maximum absolute atomic E-state index is 11.5. The van der Waals surface area contributed by atoms with Crippen molar-refractivity contribution in [1.29, 1.82) is 0 Å². The van der Waals surface area contributed by atoms with Crippen LogP contribution in [0.15, 0.2) is 12.1 Å². The summed E-state index contributed by atoms with van der Waals surface area (Å²) in [6.45, 7) is 0.638. The summed E-state index contributed by atoms with van der Waals surface area (Å²) in [5.74, 6) is 0.216. The quantitative estimate of drug-likeness (QED) is 0.690. The molecule has 1 aromatic rings. The molecule has 2 rings (SSSR count). The highest BCUT2D eigenvalue weighted by atomic mass is 35.5. The van der Waals surface area contributed by atoms with Crippen molar-refractivity contribution in [2.24, 2.45) is 0 Å². The zero-order valence-corrected chi connectivity index (χ0v) is 9.13. The number of benzene rings is 1. The number of hydrogen-bond acceptors (Lipinski definition) is 3. The lowest BCUT2D eigenvalue weighted by molar-refractivity contribution is 0.0595. The van der Waals surface area contributed by atoms with E-state index in [1.54, 1.807) is 6.07 Å². The van der Waals surface area contributed by atoms with E-state index in [1.165, 1.54) is 7.11 Å². The lowest BCUT2D eigenvalue weighted by atomic mass is 10.0. The number of methoxy groups -OCH3 is 1. The van der Waals surface area contributed by atoms with Crippen molar-refractivity contribution in [1.82, 2.24) is 0 Å². The number of hydrogen-bond donors (Lipinski definition) is 0. The van der Waals surface area contributed by atoms with Gasteiger partial charge in [0.05, 0.1) is 13.7 Å². The molecule has 3 nitrogen and oxygen atoms in total. The van der Waals surface area contributed by atoms with E-state index in [-0.39, 0.29) is 0 Å². The Morgan fingerprint density at radius 2 is 2.33 bits per heavy atom. The van der Waals surface area contributed by atoms with Crippen LogP contribution >= 0.6 is 11.6 Å². The van der Waals surface area contributed by atoms with Crippen LogP contribution in [0.4, 0.5) is 0 Å². The molecule has 0 radical (unpaired) electrons. The fraction of sp³-hybridized carbons (Fsp3) is 0.364. The molecule has 0 atom stereocenters. The van der Waals surface area contributed by atoms with Crippen LogP contribution in [0.5, 0.6) is 5.75 Å². The van der Waals surface area contributed by atoms with Crippen molar-refractivity contribution in [2.75, 3.05) is 13.7 Å². The number of carbonyl (C=O) groups excluding carboxylic acids is 1. The molecule has 1 heterocycles. The summed E-state index contributed by atoms with van der Waals surface area (Å²) >= 11 is 5.92. The molecular formula is C11H11ClO3. The van der Waals surface area contributed by atoms with E-state index in [2.05, 4.69) is 4.74 Å². The number of ether oxygens (including phenoxy) is 2. The van der Waals surface area contributed by atoms with E-state index in [4.69, 9.17) is 16.3 Å². The Bertz CT molecular complexity index is 401. The van der Waals surface area contributed by atoms with Gasteiger partial charge in [0, 0.05) is 5.02 Å². The molecule has 1 aliphatic heterocycles. The second-order valence-corrected chi connectivity index (χ2v) is 3.82. The van der Waals surface area contributed by atoms with Gasteiger partial charge in [-0.3, -0.25) is 0 Å². The average molecular weight is 227 g/mol. The fourth-order valence-corrected chi connectivity index (χ4v) is 1.95. The first-order valence-corrected chi connectivity index (χ1v) is 5.13. The van der Waals surface area contributed by atoms with Gasteiger partial charge in [-0.25, -0.2) is 4.79 Å². The van der Waals surface area contributed by atoms with Crippen LogP contribution in [-0.4, -0.2) is 19.7 Å². The van der Waals surface area contributed by atoms with Crippen LogP contribution in [-0.2, 0) is 11.2 Å². The summed E-state index contributed by atoms with van der Waals surface area (Å²) < 4.78 is 10.2. The summed E-state index contributed by atoms with van der Waals surface area (Å²) in [5.41, 5.74) is 1.40. The topological polar surface area (TPSA) is 35.5 Å². The Hall–Kier alpha value is -1.22. The molecule has 0 N–H and O–H groups in total. The SMILES string of the molecule is COC(=O)c1cc(Cl)cc2c1OCCC2. The molecule has 0 bridgehead atoms. The Morgan fingerprint density at radius 1 is 1.53 bits per heavy atom. The molecule has 15 heavy (non-hydrogen) atoms. The second kappa shape index (κ2) is 4.11. The van der Waals surface area contributed by atoms with E-state index in [0.717, 1.165) is 18.4 Å². The van der Waals surface area contributed by atoms with E-state index < -0.39 is 5.97 Å². The first-order valence-electron chi connectivity index (χ1n) is 4.76. The number of aryl methyl sites for hydroxylation is 1. The highest BCUT2D eigenvalue weighted by molar-refractivity contribution is 6.31. The van der Waals surface area contributed by atoms with Gasteiger partial charge in [0.15, 0.2) is 0 Å². The molecule has 0 spiro atoms. The van der Waals surface area contributed by atoms with Gasteiger partial charge in [-0.15, -0.1) is 0 Å². The number of halogens is 1. The predicted molar refractivity (Wildman–Crippen MR) is 56.6 cm³/mol. The van der Waals surface area contributed by atoms with Gasteiger partial charge >= 0.3 is 5.97 Å². The number of carbonyl (C=O) groups is 1. The predicted octanol–water partition coefficient (Wildman–Crippen LogP) is 2.45. The third kappa shape index (κ3) is 1.92. The van der Waals surface area contributed by atoms with Gasteiger partial charge in [0.1, 0.15) is 11.3 Å². The Labute approximate surface area is 92.9 Å². The highest BCUT2D eigenvalue weighted by Gasteiger charge is 2.20. The molecular weight excluding hydrogens is 216 g/mol. The average Bonchev–Trinajstić information content (AvgIpc) is 2.26. The minimum Gasteiger partial charge on any atom is -0.492 e. The Balaban J connectivity index is 2.52. The molecule has 0 aromatic heterocycles. The van der Waals surface area contributed by atoms with Crippen molar-refractivity contribution in [3.8, 4) is 5.75 Å². The molecule has 0 saturated heterocycles. The molecule has 0 saturated carbocycles. The maximum Gasteiger partial charge on any atom is 0.341 e. The van der Waals surface area contributed by atoms with Gasteiger partial charge < -0.3 is 9.47 Å². The molecule has 0 aliphatic carbocycles. The van der Waals surface area contributed by atoms with Crippen molar-refractivity contribution < 1.29 is 14.3 Å². The molecule has 1 aliphatic rings. The lowest BCUT2D eigenvalue weighted by Gasteiger charge is -2.19. The van der Waals surface area contributed by atoms with E-state index in [9.17, 15) is 4.79 Å². The highest BCUT2D eigenvalue weighted by Crippen LogP contribution is 2.32. The number of rotatable bonds is 1. The maximum atomic E-state index is 11.5. The van der Waals surface area contributed by atoms with Gasteiger partial charge in [-0.2, -0.15) is 0 Å². The summed E-state index contributed by atoms with van der Waals surface area (Å²) in [4.78, 5) is 11.5. The summed E-state index contributed by atoms with van der Waals surface area (Å²) in [6.07, 6.45) is 1.84. The molecule has 0 unspecified atom stereocenters. The number of esters is 1. The fourth-order valence-electron chi connectivity index (χ4n) is 1.70. The van der Waals surface area contributed by atoms with E-state index >= 15 is 0 Å². The van der Waals surface area contributed by atoms with Crippen LogP contribution in [0.1, 0.15) is 22.3 Å². The van der Waals surface area contributed by atoms with Crippen LogP contribution in [0.25, 0.3) is 0 Å². The standard InChI is InChI=1S/C11H11ClO3/c1-14-11(13)9-6-8(12)5-7-3-2-4-15-10(7)9/h5-6H,2-4H2,1H3. The first-order chi connectivity index (χ1) is 7.22. The van der Waals surface area contributed by atoms with Gasteiger partial charge in [-0.1, -0.05) is 11.6 Å². The summed E-state index contributed by atoms with van der Waals surface area (Å²) in [7, 11) is 1.35. The van der Waals surface area contributed by atoms with Gasteiger partial charge in [-0.05, 0) is 30.5 Å². The van der Waals surface area contributed by atoms with Crippen LogP contribution in [0.3, 0.4) is 0 Å². The normalized spacial score (nSPS) is 14.0. The van der Waals surface area contributed by atoms with E-state index in [0.29, 0.717) is 22.9 Å². The molecule has 0 fully saturated rings. The largest absolute Gasteiger partial charge is 0.492 e. The van der Waals surface area contributed by atoms with Crippen molar-refractivity contribution in [3.05, 3.63) is 28.3 Å². The van der Waals surface area contributed by atoms with Crippen molar-refractivity contribution in [3.63, 3.8) is 0 Å². The minimum absolute atomic E-state index is 0.407. The Kier molecular flexibility index (Phi) is 2.82. The summed E-state index contributed by atoms with van der Waals surface area (Å²) in [5, 5.41) is 0.541. The zero-order chi connectivity index (χ0) is 10.8. The zero-order valence-electron chi connectivity index (χ0n) is 8.38. The number of fused-ring (bicyclic) bond motifs is 1. The molecule has 1 aromatic carbocycles. The smallest absolute Gasteiger partial charge is 0.341 e. The van der Waals surface area contributed by atoms with Crippen molar-refractivity contribution in [2.45, 2.75) is 12.8 Å². The third-order valence-corrected chi connectivity index (χ3v) is 2.59. The summed E-state index contributed by atoms with van der Waals surface area (Å²) in [6, 6.07) is 3.42. The lowest BCUT2D eigenvalue weighted by Crippen LogP contribution is -2.13. The monoisotopic (exact) mass is 226 g/mol. The molecule has 0 amide bonds. The first kappa shape index (κ1) is 10.3. The Morgan fingerprint density at radius 3 is 3.07 bits per heavy atom. The molecule has 80 valence electrons. The van der Waals surface area contributed by atoms with Crippen molar-refractivity contribution >= 4 is 17.6 Å².